The predicted molar refractivity (Wildman–Crippen MR) is 45.5 cm³/mol. The summed E-state index contributed by atoms with van der Waals surface area (Å²) in [6.07, 6.45) is -1.05. The van der Waals surface area contributed by atoms with Crippen molar-refractivity contribution in [2.24, 2.45) is 0 Å². The number of likely N-dealkylation sites (N-methyl/N-ethyl adjacent to an activating group) is 1. The Morgan fingerprint density at radius 1 is 1.18 bits per heavy atom. The summed E-state index contributed by atoms with van der Waals surface area (Å²) in [6, 6.07) is 0. The van der Waals surface area contributed by atoms with Crippen LogP contribution in [0, 0.1) is 0 Å². The number of hydrogen-bond donors (Lipinski definition) is 2. The Bertz CT molecular complexity index is 88.1. The van der Waals surface area contributed by atoms with Crippen molar-refractivity contribution in [3.8, 4) is 0 Å². The van der Waals surface area contributed by atoms with E-state index in [1.54, 1.807) is 0 Å². The van der Waals surface area contributed by atoms with Crippen LogP contribution >= 0.6 is 0 Å². The largest absolute Gasteiger partial charge is 0.389 e. The number of aliphatic hydroxyl groups is 2. The molecule has 0 aromatic carbocycles. The van der Waals surface area contributed by atoms with Crippen molar-refractivity contribution in [3.05, 3.63) is 0 Å². The summed E-state index contributed by atoms with van der Waals surface area (Å²) in [5.74, 6) is 0. The topological polar surface area (TPSA) is 43.7 Å². The fourth-order valence-corrected chi connectivity index (χ4v) is 1.11. The maximum absolute atomic E-state index is 9.01. The van der Waals surface area contributed by atoms with Crippen LogP contribution in [0.2, 0.25) is 0 Å². The maximum atomic E-state index is 9.01. The summed E-state index contributed by atoms with van der Waals surface area (Å²) < 4.78 is 0. The fraction of sp³-hybridized carbons (Fsp3) is 1.00. The molecule has 1 aliphatic rings. The first kappa shape index (κ1) is 10.9. The zero-order valence-electron chi connectivity index (χ0n) is 7.62. The van der Waals surface area contributed by atoms with Crippen LogP contribution in [0.25, 0.3) is 0 Å². The van der Waals surface area contributed by atoms with E-state index in [2.05, 4.69) is 0 Å². The molecule has 0 radical (unpaired) electrons. The Balaban J connectivity index is 0.000000461. The van der Waals surface area contributed by atoms with Gasteiger partial charge in [-0.3, -0.25) is 4.90 Å². The molecule has 0 aromatic heterocycles. The molecule has 0 amide bonds. The van der Waals surface area contributed by atoms with Crippen molar-refractivity contribution in [1.29, 1.82) is 0 Å². The summed E-state index contributed by atoms with van der Waals surface area (Å²) in [5.41, 5.74) is 0. The lowest BCUT2D eigenvalue weighted by molar-refractivity contribution is 0.0572. The summed E-state index contributed by atoms with van der Waals surface area (Å²) in [7, 11) is 0. The minimum atomic E-state index is -0.523. The van der Waals surface area contributed by atoms with E-state index in [4.69, 9.17) is 10.2 Å². The summed E-state index contributed by atoms with van der Waals surface area (Å²) in [6.45, 7) is 8.17. The molecular weight excluding hydrogens is 142 g/mol. The monoisotopic (exact) mass is 161 g/mol. The van der Waals surface area contributed by atoms with Crippen LogP contribution in [-0.2, 0) is 0 Å². The predicted octanol–water partition coefficient (Wildman–Crippen LogP) is 0.0699. The fourth-order valence-electron chi connectivity index (χ4n) is 1.11. The van der Waals surface area contributed by atoms with Crippen LogP contribution in [-0.4, -0.2) is 47.0 Å². The van der Waals surface area contributed by atoms with E-state index in [-0.39, 0.29) is 0 Å². The van der Waals surface area contributed by atoms with E-state index in [1.165, 1.54) is 0 Å². The van der Waals surface area contributed by atoms with Crippen LogP contribution in [0.4, 0.5) is 0 Å². The highest BCUT2D eigenvalue weighted by Crippen LogP contribution is 2.07. The molecule has 2 atom stereocenters. The Kier molecular flexibility index (Phi) is 5.46. The van der Waals surface area contributed by atoms with Crippen LogP contribution in [0.5, 0.6) is 0 Å². The zero-order valence-corrected chi connectivity index (χ0v) is 7.62. The molecule has 0 bridgehead atoms. The van der Waals surface area contributed by atoms with Crippen molar-refractivity contribution in [3.63, 3.8) is 0 Å². The first-order valence-corrected chi connectivity index (χ1v) is 4.32. The Morgan fingerprint density at radius 2 is 1.55 bits per heavy atom. The molecule has 1 rings (SSSR count). The van der Waals surface area contributed by atoms with Crippen molar-refractivity contribution < 1.29 is 10.2 Å². The van der Waals surface area contributed by atoms with Gasteiger partial charge >= 0.3 is 0 Å². The highest BCUT2D eigenvalue weighted by atomic mass is 16.3. The van der Waals surface area contributed by atoms with Crippen LogP contribution < -0.4 is 0 Å². The van der Waals surface area contributed by atoms with E-state index < -0.39 is 12.2 Å². The minimum Gasteiger partial charge on any atom is -0.389 e. The Hall–Kier alpha value is -0.120. The van der Waals surface area contributed by atoms with Crippen molar-refractivity contribution in [2.45, 2.75) is 33.0 Å². The number of nitrogens with zero attached hydrogens (tertiary/aromatic N) is 1. The van der Waals surface area contributed by atoms with Gasteiger partial charge in [0, 0.05) is 13.1 Å². The first-order chi connectivity index (χ1) is 5.24. The molecule has 3 nitrogen and oxygen atoms in total. The lowest BCUT2D eigenvalue weighted by Crippen LogP contribution is -2.22. The van der Waals surface area contributed by atoms with Crippen LogP contribution in [0.1, 0.15) is 20.8 Å². The maximum Gasteiger partial charge on any atom is 0.0938 e. The molecule has 11 heavy (non-hydrogen) atoms. The van der Waals surface area contributed by atoms with Crippen molar-refractivity contribution >= 4 is 0 Å². The number of aliphatic hydroxyl groups excluding tert-OH is 2. The number of likely N-dealkylation sites (tertiary alicyclic amines) is 1. The standard InChI is InChI=1S/C6H13NO2.C2H6/c1-2-7-3-5(8)6(9)4-7;1-2/h5-6,8-9H,2-4H2,1H3;1-2H3. The van der Waals surface area contributed by atoms with Gasteiger partial charge < -0.3 is 10.2 Å². The molecule has 2 N–H and O–H groups in total. The lowest BCUT2D eigenvalue weighted by Gasteiger charge is -2.08. The number of rotatable bonds is 1. The molecular formula is C8H19NO2. The SMILES string of the molecule is CC.CCN1CC(O)C(O)C1. The van der Waals surface area contributed by atoms with E-state index in [1.807, 2.05) is 25.7 Å². The van der Waals surface area contributed by atoms with Gasteiger partial charge in [0.15, 0.2) is 0 Å². The first-order valence-electron chi connectivity index (χ1n) is 4.32. The van der Waals surface area contributed by atoms with Crippen LogP contribution in [0.3, 0.4) is 0 Å². The zero-order chi connectivity index (χ0) is 8.85. The second-order valence-corrected chi connectivity index (χ2v) is 2.49. The van der Waals surface area contributed by atoms with Gasteiger partial charge in [-0.15, -0.1) is 0 Å². The third-order valence-electron chi connectivity index (χ3n) is 1.78. The summed E-state index contributed by atoms with van der Waals surface area (Å²) in [5, 5.41) is 18.0. The Morgan fingerprint density at radius 3 is 1.73 bits per heavy atom. The van der Waals surface area contributed by atoms with Gasteiger partial charge in [0.25, 0.3) is 0 Å². The Labute approximate surface area is 68.6 Å². The van der Waals surface area contributed by atoms with E-state index in [0.29, 0.717) is 13.1 Å². The molecule has 1 heterocycles. The van der Waals surface area contributed by atoms with E-state index in [0.717, 1.165) is 6.54 Å². The second-order valence-electron chi connectivity index (χ2n) is 2.49. The van der Waals surface area contributed by atoms with Gasteiger partial charge in [-0.1, -0.05) is 20.8 Å². The smallest absolute Gasteiger partial charge is 0.0938 e. The second kappa shape index (κ2) is 5.52. The van der Waals surface area contributed by atoms with E-state index >= 15 is 0 Å². The molecule has 1 aliphatic heterocycles. The quantitative estimate of drug-likeness (QED) is 0.572. The molecule has 1 saturated heterocycles. The lowest BCUT2D eigenvalue weighted by atomic mass is 10.3. The molecule has 0 spiro atoms. The van der Waals surface area contributed by atoms with Gasteiger partial charge in [-0.25, -0.2) is 0 Å². The van der Waals surface area contributed by atoms with Gasteiger partial charge in [0.1, 0.15) is 0 Å². The average Bonchev–Trinajstić information content (AvgIpc) is 2.36. The highest BCUT2D eigenvalue weighted by molar-refractivity contribution is 4.81. The molecule has 68 valence electrons. The van der Waals surface area contributed by atoms with Crippen molar-refractivity contribution in [2.75, 3.05) is 19.6 Å². The number of hydrogen-bond acceptors (Lipinski definition) is 3. The van der Waals surface area contributed by atoms with Gasteiger partial charge in [-0.2, -0.15) is 0 Å². The molecule has 2 unspecified atom stereocenters. The van der Waals surface area contributed by atoms with Gasteiger partial charge in [0.05, 0.1) is 12.2 Å². The molecule has 0 aromatic rings. The minimum absolute atomic E-state index is 0.523. The summed E-state index contributed by atoms with van der Waals surface area (Å²) >= 11 is 0. The molecule has 0 aliphatic carbocycles. The average molecular weight is 161 g/mol. The normalized spacial score (nSPS) is 31.4. The third-order valence-corrected chi connectivity index (χ3v) is 1.78. The molecule has 3 heteroatoms. The van der Waals surface area contributed by atoms with Gasteiger partial charge in [0.2, 0.25) is 0 Å². The molecule has 0 saturated carbocycles. The summed E-state index contributed by atoms with van der Waals surface area (Å²) in [4.78, 5) is 2.02. The third kappa shape index (κ3) is 3.18. The molecule has 1 fully saturated rings. The number of β-amino-alcohol motifs (C(OH)–C–C–N with tert-alkyl or cyclic N) is 2. The van der Waals surface area contributed by atoms with Gasteiger partial charge in [-0.05, 0) is 6.54 Å². The van der Waals surface area contributed by atoms with Crippen molar-refractivity contribution in [1.82, 2.24) is 4.90 Å². The van der Waals surface area contributed by atoms with Crippen LogP contribution in [0.15, 0.2) is 0 Å². The highest BCUT2D eigenvalue weighted by Gasteiger charge is 2.27. The van der Waals surface area contributed by atoms with E-state index in [9.17, 15) is 0 Å².